The number of fused-ring (bicyclic) bond motifs is 1. The van der Waals surface area contributed by atoms with E-state index >= 15 is 0 Å². The normalized spacial score (nSPS) is 12.4. The molecule has 3 aromatic rings. The molecule has 0 bridgehead atoms. The molecule has 0 aliphatic heterocycles. The summed E-state index contributed by atoms with van der Waals surface area (Å²) in [5.74, 6) is 0.231. The first kappa shape index (κ1) is 14.1. The van der Waals surface area contributed by atoms with Gasteiger partial charge in [0.15, 0.2) is 0 Å². The second kappa shape index (κ2) is 5.88. The number of aromatic nitrogens is 4. The Morgan fingerprint density at radius 1 is 1.50 bits per heavy atom. The molecule has 22 heavy (non-hydrogen) atoms. The molecule has 0 aliphatic rings. The third-order valence-electron chi connectivity index (χ3n) is 3.56. The minimum atomic E-state index is -1.14. The van der Waals surface area contributed by atoms with Crippen molar-refractivity contribution in [1.82, 2.24) is 19.5 Å². The molecule has 1 unspecified atom stereocenters. The Hall–Kier alpha value is -2.83. The van der Waals surface area contributed by atoms with Gasteiger partial charge in [-0.25, -0.2) is 14.8 Å². The number of nitrogens with one attached hydrogen (secondary N) is 2. The minimum absolute atomic E-state index is 0.199. The van der Waals surface area contributed by atoms with Gasteiger partial charge in [0.2, 0.25) is 5.95 Å². The zero-order valence-electron chi connectivity index (χ0n) is 12.2. The van der Waals surface area contributed by atoms with Crippen molar-refractivity contribution in [3.8, 4) is 0 Å². The van der Waals surface area contributed by atoms with Gasteiger partial charge in [0.05, 0.1) is 23.4 Å². The molecule has 1 amide bonds. The molecule has 7 nitrogen and oxygen atoms in total. The number of carboxylic acid groups (broad SMARTS) is 1. The van der Waals surface area contributed by atoms with E-state index in [1.54, 1.807) is 6.20 Å². The van der Waals surface area contributed by atoms with Crippen LogP contribution in [0.3, 0.4) is 0 Å². The van der Waals surface area contributed by atoms with Gasteiger partial charge in [0, 0.05) is 12.4 Å². The van der Waals surface area contributed by atoms with Crippen molar-refractivity contribution < 1.29 is 9.90 Å². The van der Waals surface area contributed by atoms with Crippen molar-refractivity contribution in [3.63, 3.8) is 0 Å². The number of H-pyrrole nitrogens is 1. The molecular weight excluding hydrogens is 282 g/mol. The predicted molar refractivity (Wildman–Crippen MR) is 83.0 cm³/mol. The molecule has 3 rings (SSSR count). The topological polar surface area (TPSA) is 95.8 Å². The number of nitrogens with zero attached hydrogens (tertiary/aromatic N) is 3. The Bertz CT molecular complexity index is 778. The maximum absolute atomic E-state index is 10.7. The van der Waals surface area contributed by atoms with Gasteiger partial charge in [-0.15, -0.1) is 0 Å². The summed E-state index contributed by atoms with van der Waals surface area (Å²) in [5.41, 5.74) is 2.66. The fourth-order valence-corrected chi connectivity index (χ4v) is 2.61. The van der Waals surface area contributed by atoms with Crippen molar-refractivity contribution in [2.45, 2.75) is 25.8 Å². The van der Waals surface area contributed by atoms with Gasteiger partial charge < -0.3 is 14.7 Å². The molecule has 0 aliphatic carbocycles. The number of aromatic amines is 1. The molecule has 2 aromatic heterocycles. The minimum Gasteiger partial charge on any atom is -0.465 e. The Morgan fingerprint density at radius 2 is 2.36 bits per heavy atom. The Kier molecular flexibility index (Phi) is 3.78. The van der Waals surface area contributed by atoms with Crippen LogP contribution in [0.25, 0.3) is 11.0 Å². The first-order valence-corrected chi connectivity index (χ1v) is 7.14. The quantitative estimate of drug-likeness (QED) is 0.674. The average Bonchev–Trinajstić information content (AvgIpc) is 3.12. The molecular formula is C15H17N5O2. The lowest BCUT2D eigenvalue weighted by molar-refractivity contribution is 0.209. The van der Waals surface area contributed by atoms with Crippen molar-refractivity contribution in [1.29, 1.82) is 0 Å². The monoisotopic (exact) mass is 299 g/mol. The molecule has 3 N–H and O–H groups in total. The number of benzene rings is 1. The highest BCUT2D eigenvalue weighted by atomic mass is 16.4. The number of rotatable bonds is 5. The molecule has 0 saturated heterocycles. The second-order valence-corrected chi connectivity index (χ2v) is 5.11. The maximum atomic E-state index is 10.7. The van der Waals surface area contributed by atoms with Gasteiger partial charge in [-0.1, -0.05) is 19.4 Å². The van der Waals surface area contributed by atoms with E-state index < -0.39 is 6.09 Å². The van der Waals surface area contributed by atoms with Crippen LogP contribution in [0.5, 0.6) is 0 Å². The summed E-state index contributed by atoms with van der Waals surface area (Å²) in [6.07, 6.45) is 6.44. The lowest BCUT2D eigenvalue weighted by atomic mass is 10.0. The van der Waals surface area contributed by atoms with Crippen LogP contribution in [-0.2, 0) is 0 Å². The summed E-state index contributed by atoms with van der Waals surface area (Å²) in [6, 6.07) is 6.14. The Morgan fingerprint density at radius 3 is 3.05 bits per heavy atom. The number of imidazole rings is 2. The van der Waals surface area contributed by atoms with Crippen molar-refractivity contribution in [2.24, 2.45) is 0 Å². The predicted octanol–water partition coefficient (Wildman–Crippen LogP) is 3.24. The average molecular weight is 299 g/mol. The van der Waals surface area contributed by atoms with Gasteiger partial charge in [-0.3, -0.25) is 5.32 Å². The SMILES string of the molecule is CCCC(c1ccc2[nH]c(NC(=O)O)nc2c1)n1ccnc1. The van der Waals surface area contributed by atoms with Gasteiger partial charge in [0.25, 0.3) is 0 Å². The van der Waals surface area contributed by atoms with Crippen molar-refractivity contribution >= 4 is 23.1 Å². The summed E-state index contributed by atoms with van der Waals surface area (Å²) in [5, 5.41) is 11.0. The van der Waals surface area contributed by atoms with E-state index in [0.717, 1.165) is 29.4 Å². The third-order valence-corrected chi connectivity index (χ3v) is 3.56. The highest BCUT2D eigenvalue weighted by molar-refractivity contribution is 5.85. The van der Waals surface area contributed by atoms with Crippen LogP contribution < -0.4 is 5.32 Å². The van der Waals surface area contributed by atoms with E-state index in [-0.39, 0.29) is 12.0 Å². The molecule has 1 aromatic carbocycles. The lowest BCUT2D eigenvalue weighted by Crippen LogP contribution is -2.08. The van der Waals surface area contributed by atoms with Crippen LogP contribution >= 0.6 is 0 Å². The smallest absolute Gasteiger partial charge is 0.411 e. The summed E-state index contributed by atoms with van der Waals surface area (Å²) in [6.45, 7) is 2.14. The first-order chi connectivity index (χ1) is 10.7. The van der Waals surface area contributed by atoms with E-state index in [0.29, 0.717) is 0 Å². The number of hydrogen-bond donors (Lipinski definition) is 3. The van der Waals surface area contributed by atoms with Crippen LogP contribution in [0.4, 0.5) is 10.7 Å². The fourth-order valence-electron chi connectivity index (χ4n) is 2.61. The van der Waals surface area contributed by atoms with Crippen molar-refractivity contribution in [3.05, 3.63) is 42.5 Å². The maximum Gasteiger partial charge on any atom is 0.411 e. The highest BCUT2D eigenvalue weighted by Crippen LogP contribution is 2.26. The summed E-state index contributed by atoms with van der Waals surface area (Å²) >= 11 is 0. The zero-order chi connectivity index (χ0) is 15.5. The largest absolute Gasteiger partial charge is 0.465 e. The number of amides is 1. The molecule has 114 valence electrons. The number of carbonyl (C=O) groups is 1. The van der Waals surface area contributed by atoms with Crippen LogP contribution in [0.1, 0.15) is 31.4 Å². The van der Waals surface area contributed by atoms with Gasteiger partial charge >= 0.3 is 6.09 Å². The van der Waals surface area contributed by atoms with E-state index in [4.69, 9.17) is 5.11 Å². The standard InChI is InChI=1S/C15H17N5O2/c1-2-3-13(20-7-6-16-9-20)10-4-5-11-12(8-10)18-14(17-11)19-15(21)22/h4-9,13H,2-3H2,1H3,(H,21,22)(H2,17,18,19). The van der Waals surface area contributed by atoms with Gasteiger partial charge in [0.1, 0.15) is 0 Å². The van der Waals surface area contributed by atoms with Crippen molar-refractivity contribution in [2.75, 3.05) is 5.32 Å². The third kappa shape index (κ3) is 2.78. The summed E-state index contributed by atoms with van der Waals surface area (Å²) in [7, 11) is 0. The first-order valence-electron chi connectivity index (χ1n) is 7.14. The molecule has 0 fully saturated rings. The lowest BCUT2D eigenvalue weighted by Gasteiger charge is -2.18. The number of hydrogen-bond acceptors (Lipinski definition) is 3. The molecule has 7 heteroatoms. The Labute approximate surface area is 127 Å². The second-order valence-electron chi connectivity index (χ2n) is 5.11. The van der Waals surface area contributed by atoms with Crippen LogP contribution in [0.15, 0.2) is 36.9 Å². The molecule has 2 heterocycles. The van der Waals surface area contributed by atoms with E-state index in [1.165, 1.54) is 0 Å². The molecule has 0 spiro atoms. The molecule has 1 atom stereocenters. The van der Waals surface area contributed by atoms with Gasteiger partial charge in [-0.2, -0.15) is 0 Å². The fraction of sp³-hybridized carbons (Fsp3) is 0.267. The van der Waals surface area contributed by atoms with Crippen LogP contribution in [0.2, 0.25) is 0 Å². The van der Waals surface area contributed by atoms with E-state index in [1.807, 2.05) is 30.7 Å². The Balaban J connectivity index is 1.97. The van der Waals surface area contributed by atoms with Crippen LogP contribution in [0, 0.1) is 0 Å². The van der Waals surface area contributed by atoms with Crippen LogP contribution in [-0.4, -0.2) is 30.7 Å². The summed E-state index contributed by atoms with van der Waals surface area (Å²) < 4.78 is 2.08. The summed E-state index contributed by atoms with van der Waals surface area (Å²) in [4.78, 5) is 22.0. The van der Waals surface area contributed by atoms with E-state index in [9.17, 15) is 4.79 Å². The highest BCUT2D eigenvalue weighted by Gasteiger charge is 2.14. The number of anilines is 1. The zero-order valence-corrected chi connectivity index (χ0v) is 12.2. The molecule has 0 saturated carbocycles. The van der Waals surface area contributed by atoms with E-state index in [2.05, 4.69) is 31.8 Å². The van der Waals surface area contributed by atoms with Gasteiger partial charge in [-0.05, 0) is 24.1 Å². The molecule has 0 radical (unpaired) electrons.